The number of ether oxygens (including phenoxy) is 1. The number of hydrogen-bond acceptors (Lipinski definition) is 3. The lowest BCUT2D eigenvalue weighted by Gasteiger charge is -2.31. The number of aliphatic hydroxyl groups is 1. The Hall–Kier alpha value is -0.120. The molecular formula is C20H41NO2. The molecule has 138 valence electrons. The van der Waals surface area contributed by atoms with Crippen molar-refractivity contribution in [1.82, 2.24) is 4.90 Å². The zero-order valence-corrected chi connectivity index (χ0v) is 15.6. The van der Waals surface area contributed by atoms with Gasteiger partial charge in [-0.25, -0.2) is 0 Å². The Morgan fingerprint density at radius 3 is 1.65 bits per heavy atom. The SMILES string of the molecule is CCCCCCCCCCCCCCCC(O)N1CCOCC1. The van der Waals surface area contributed by atoms with E-state index >= 15 is 0 Å². The van der Waals surface area contributed by atoms with Crippen molar-refractivity contribution >= 4 is 0 Å². The van der Waals surface area contributed by atoms with Gasteiger partial charge in [-0.05, 0) is 12.8 Å². The van der Waals surface area contributed by atoms with Crippen molar-refractivity contribution in [3.63, 3.8) is 0 Å². The standard InChI is InChI=1S/C20H41NO2/c1-2-3-4-5-6-7-8-9-10-11-12-13-14-15-20(22)21-16-18-23-19-17-21/h20,22H,2-19H2,1H3. The second-order valence-electron chi connectivity index (χ2n) is 7.16. The first-order valence-electron chi connectivity index (χ1n) is 10.3. The van der Waals surface area contributed by atoms with Gasteiger partial charge in [0.2, 0.25) is 0 Å². The van der Waals surface area contributed by atoms with E-state index in [1.807, 2.05) is 0 Å². The summed E-state index contributed by atoms with van der Waals surface area (Å²) in [6.07, 6.45) is 18.6. The average molecular weight is 328 g/mol. The molecule has 0 aromatic rings. The number of nitrogens with zero attached hydrogens (tertiary/aromatic N) is 1. The fourth-order valence-electron chi connectivity index (χ4n) is 3.40. The Balaban J connectivity index is 1.76. The fraction of sp³-hybridized carbons (Fsp3) is 1.00. The summed E-state index contributed by atoms with van der Waals surface area (Å²) in [6, 6.07) is 0. The Morgan fingerprint density at radius 2 is 1.17 bits per heavy atom. The molecule has 0 spiro atoms. The molecule has 1 unspecified atom stereocenters. The van der Waals surface area contributed by atoms with E-state index in [4.69, 9.17) is 4.74 Å². The van der Waals surface area contributed by atoms with Crippen molar-refractivity contribution in [2.24, 2.45) is 0 Å². The number of unbranched alkanes of at least 4 members (excludes halogenated alkanes) is 12. The van der Waals surface area contributed by atoms with E-state index in [-0.39, 0.29) is 6.23 Å². The normalized spacial score (nSPS) is 17.5. The highest BCUT2D eigenvalue weighted by atomic mass is 16.5. The molecule has 0 aromatic carbocycles. The molecule has 1 aliphatic heterocycles. The summed E-state index contributed by atoms with van der Waals surface area (Å²) in [5.41, 5.74) is 0. The van der Waals surface area contributed by atoms with Crippen LogP contribution in [-0.4, -0.2) is 42.5 Å². The third-order valence-corrected chi connectivity index (χ3v) is 5.03. The molecule has 0 aromatic heterocycles. The van der Waals surface area contributed by atoms with Crippen molar-refractivity contribution < 1.29 is 9.84 Å². The van der Waals surface area contributed by atoms with Crippen molar-refractivity contribution in [2.75, 3.05) is 26.3 Å². The van der Waals surface area contributed by atoms with Crippen LogP contribution in [0.2, 0.25) is 0 Å². The smallest absolute Gasteiger partial charge is 0.107 e. The summed E-state index contributed by atoms with van der Waals surface area (Å²) in [7, 11) is 0. The van der Waals surface area contributed by atoms with E-state index in [1.165, 1.54) is 77.0 Å². The molecule has 0 radical (unpaired) electrons. The molecule has 1 N–H and O–H groups in total. The van der Waals surface area contributed by atoms with Crippen molar-refractivity contribution in [3.05, 3.63) is 0 Å². The Bertz CT molecular complexity index is 242. The number of aliphatic hydroxyl groups excluding tert-OH is 1. The lowest BCUT2D eigenvalue weighted by Crippen LogP contribution is -2.43. The molecule has 1 saturated heterocycles. The van der Waals surface area contributed by atoms with Crippen LogP contribution >= 0.6 is 0 Å². The monoisotopic (exact) mass is 327 g/mol. The van der Waals surface area contributed by atoms with E-state index in [0.717, 1.165) is 39.1 Å². The molecule has 0 saturated carbocycles. The van der Waals surface area contributed by atoms with E-state index in [2.05, 4.69) is 11.8 Å². The molecule has 1 atom stereocenters. The molecule has 1 fully saturated rings. The van der Waals surface area contributed by atoms with Crippen LogP contribution < -0.4 is 0 Å². The van der Waals surface area contributed by atoms with Crippen LogP contribution in [0.1, 0.15) is 96.8 Å². The van der Waals surface area contributed by atoms with Crippen LogP contribution in [0.3, 0.4) is 0 Å². The molecule has 1 aliphatic rings. The van der Waals surface area contributed by atoms with E-state index < -0.39 is 0 Å². The molecule has 0 aliphatic carbocycles. The summed E-state index contributed by atoms with van der Waals surface area (Å²) < 4.78 is 5.32. The number of morpholine rings is 1. The highest BCUT2D eigenvalue weighted by Gasteiger charge is 2.17. The molecule has 1 heterocycles. The zero-order valence-electron chi connectivity index (χ0n) is 15.6. The second-order valence-corrected chi connectivity index (χ2v) is 7.16. The maximum atomic E-state index is 10.1. The lowest BCUT2D eigenvalue weighted by atomic mass is 10.0. The van der Waals surface area contributed by atoms with Gasteiger partial charge in [0.1, 0.15) is 6.23 Å². The molecule has 3 nitrogen and oxygen atoms in total. The lowest BCUT2D eigenvalue weighted by molar-refractivity contribution is -0.0623. The van der Waals surface area contributed by atoms with E-state index in [1.54, 1.807) is 0 Å². The molecule has 3 heteroatoms. The largest absolute Gasteiger partial charge is 0.379 e. The average Bonchev–Trinajstić information content (AvgIpc) is 2.59. The van der Waals surface area contributed by atoms with Crippen LogP contribution in [0.4, 0.5) is 0 Å². The number of rotatable bonds is 15. The van der Waals surface area contributed by atoms with Gasteiger partial charge in [0, 0.05) is 13.1 Å². The van der Waals surface area contributed by atoms with Gasteiger partial charge >= 0.3 is 0 Å². The fourth-order valence-corrected chi connectivity index (χ4v) is 3.40. The van der Waals surface area contributed by atoms with Gasteiger partial charge in [0.05, 0.1) is 13.2 Å². The second kappa shape index (κ2) is 15.4. The Kier molecular flexibility index (Phi) is 14.0. The highest BCUT2D eigenvalue weighted by Crippen LogP contribution is 2.14. The summed E-state index contributed by atoms with van der Waals surface area (Å²) in [5, 5.41) is 10.1. The van der Waals surface area contributed by atoms with Crippen molar-refractivity contribution in [2.45, 2.75) is 103 Å². The van der Waals surface area contributed by atoms with Gasteiger partial charge in [-0.1, -0.05) is 84.0 Å². The first-order valence-corrected chi connectivity index (χ1v) is 10.3. The van der Waals surface area contributed by atoms with Gasteiger partial charge in [-0.3, -0.25) is 4.90 Å². The predicted molar refractivity (Wildman–Crippen MR) is 98.7 cm³/mol. The predicted octanol–water partition coefficient (Wildman–Crippen LogP) is 5.12. The minimum absolute atomic E-state index is 0.244. The van der Waals surface area contributed by atoms with Crippen molar-refractivity contribution in [3.8, 4) is 0 Å². The molecule has 0 bridgehead atoms. The van der Waals surface area contributed by atoms with Gasteiger partial charge in [0.15, 0.2) is 0 Å². The first kappa shape index (κ1) is 20.9. The molecule has 0 amide bonds. The van der Waals surface area contributed by atoms with Gasteiger partial charge in [-0.2, -0.15) is 0 Å². The van der Waals surface area contributed by atoms with Crippen LogP contribution in [0.15, 0.2) is 0 Å². The van der Waals surface area contributed by atoms with Gasteiger partial charge in [0.25, 0.3) is 0 Å². The summed E-state index contributed by atoms with van der Waals surface area (Å²) >= 11 is 0. The highest BCUT2D eigenvalue weighted by molar-refractivity contribution is 4.65. The zero-order chi connectivity index (χ0) is 16.6. The topological polar surface area (TPSA) is 32.7 Å². The molecule has 23 heavy (non-hydrogen) atoms. The van der Waals surface area contributed by atoms with Crippen LogP contribution in [-0.2, 0) is 4.74 Å². The third kappa shape index (κ3) is 12.0. The van der Waals surface area contributed by atoms with Crippen LogP contribution in [0.5, 0.6) is 0 Å². The van der Waals surface area contributed by atoms with E-state index in [9.17, 15) is 5.11 Å². The summed E-state index contributed by atoms with van der Waals surface area (Å²) in [5.74, 6) is 0. The quantitative estimate of drug-likeness (QED) is 0.424. The Labute approximate surface area is 144 Å². The minimum atomic E-state index is -0.244. The van der Waals surface area contributed by atoms with Gasteiger partial charge < -0.3 is 9.84 Å². The minimum Gasteiger partial charge on any atom is -0.379 e. The van der Waals surface area contributed by atoms with Crippen LogP contribution in [0, 0.1) is 0 Å². The maximum Gasteiger partial charge on any atom is 0.107 e. The Morgan fingerprint density at radius 1 is 0.739 bits per heavy atom. The maximum absolute atomic E-state index is 10.1. The van der Waals surface area contributed by atoms with Gasteiger partial charge in [-0.15, -0.1) is 0 Å². The van der Waals surface area contributed by atoms with Crippen molar-refractivity contribution in [1.29, 1.82) is 0 Å². The summed E-state index contributed by atoms with van der Waals surface area (Å²) in [6.45, 7) is 5.61. The molecule has 1 rings (SSSR count). The molecular weight excluding hydrogens is 286 g/mol. The summed E-state index contributed by atoms with van der Waals surface area (Å²) in [4.78, 5) is 2.16. The first-order chi connectivity index (χ1) is 11.3. The third-order valence-electron chi connectivity index (χ3n) is 5.03. The van der Waals surface area contributed by atoms with Crippen LogP contribution in [0.25, 0.3) is 0 Å². The van der Waals surface area contributed by atoms with E-state index in [0.29, 0.717) is 0 Å². The number of hydrogen-bond donors (Lipinski definition) is 1.